The molecule has 0 saturated heterocycles. The van der Waals surface area contributed by atoms with Gasteiger partial charge in [-0.25, -0.2) is 4.39 Å². The van der Waals surface area contributed by atoms with E-state index in [1.165, 1.54) is 12.1 Å². The molecular weight excluding hydrogens is 212 g/mol. The third kappa shape index (κ3) is 3.39. The molecule has 0 aliphatic carbocycles. The van der Waals surface area contributed by atoms with Gasteiger partial charge in [0, 0.05) is 6.04 Å². The summed E-state index contributed by atoms with van der Waals surface area (Å²) < 4.78 is 45.2. The maximum Gasteiger partial charge on any atom is 0.304 e. The molecule has 1 rings (SSSR count). The van der Waals surface area contributed by atoms with Crippen LogP contribution in [0, 0.1) is 5.82 Å². The van der Waals surface area contributed by atoms with Gasteiger partial charge in [0.25, 0.3) is 0 Å². The van der Waals surface area contributed by atoms with Crippen molar-refractivity contribution in [3.05, 3.63) is 35.6 Å². The smallest absolute Gasteiger partial charge is 0.304 e. The Morgan fingerprint density at radius 3 is 2.21 bits per heavy atom. The second kappa shape index (κ2) is 4.02. The zero-order valence-electron chi connectivity index (χ0n) is 7.15. The predicted octanol–water partition coefficient (Wildman–Crippen LogP) is 1.12. The van der Waals surface area contributed by atoms with Crippen LogP contribution in [0.15, 0.2) is 24.3 Å². The average Bonchev–Trinajstić information content (AvgIpc) is 2.02. The highest BCUT2D eigenvalue weighted by molar-refractivity contribution is 7.86. The molecule has 0 spiro atoms. The van der Waals surface area contributed by atoms with Crippen molar-refractivity contribution in [1.29, 1.82) is 0 Å². The maximum absolute atomic E-state index is 12.5. The van der Waals surface area contributed by atoms with Gasteiger partial charge in [0.15, 0.2) is 0 Å². The Kier molecular flexibility index (Phi) is 3.17. The maximum atomic E-state index is 12.5. The Morgan fingerprint density at radius 2 is 1.79 bits per heavy atom. The molecule has 1 atom stereocenters. The standard InChI is InChI=1S/C8H9F2NO2S/c9-7-3-1-6(2-4-7)8(11)5-14(10,12)13/h1-4,8H,5,11H2. The lowest BCUT2D eigenvalue weighted by Crippen LogP contribution is -2.19. The highest BCUT2D eigenvalue weighted by atomic mass is 32.3. The number of nitrogens with two attached hydrogens (primary N) is 1. The third-order valence-electron chi connectivity index (χ3n) is 1.68. The molecule has 3 nitrogen and oxygen atoms in total. The fourth-order valence-corrected chi connectivity index (χ4v) is 1.64. The minimum atomic E-state index is -4.60. The summed E-state index contributed by atoms with van der Waals surface area (Å²) in [6, 6.07) is 3.96. The van der Waals surface area contributed by atoms with Crippen molar-refractivity contribution in [2.45, 2.75) is 6.04 Å². The van der Waals surface area contributed by atoms with E-state index in [-0.39, 0.29) is 0 Å². The van der Waals surface area contributed by atoms with Gasteiger partial charge in [0.2, 0.25) is 0 Å². The molecule has 0 aliphatic heterocycles. The molecule has 78 valence electrons. The average molecular weight is 221 g/mol. The van der Waals surface area contributed by atoms with Gasteiger partial charge in [-0.15, -0.1) is 3.89 Å². The van der Waals surface area contributed by atoms with Crippen LogP contribution >= 0.6 is 0 Å². The molecule has 14 heavy (non-hydrogen) atoms. The summed E-state index contributed by atoms with van der Waals surface area (Å²) in [5, 5.41) is 0. The Morgan fingerprint density at radius 1 is 1.29 bits per heavy atom. The summed E-state index contributed by atoms with van der Waals surface area (Å²) in [6.07, 6.45) is 0. The first-order chi connectivity index (χ1) is 6.38. The highest BCUT2D eigenvalue weighted by Gasteiger charge is 2.15. The number of hydrogen-bond acceptors (Lipinski definition) is 3. The van der Waals surface area contributed by atoms with E-state index in [4.69, 9.17) is 5.73 Å². The van der Waals surface area contributed by atoms with Crippen molar-refractivity contribution in [2.24, 2.45) is 5.73 Å². The Balaban J connectivity index is 2.80. The molecule has 2 N–H and O–H groups in total. The first kappa shape index (κ1) is 11.1. The minimum Gasteiger partial charge on any atom is -0.323 e. The molecule has 0 bridgehead atoms. The number of rotatable bonds is 3. The van der Waals surface area contributed by atoms with Crippen molar-refractivity contribution >= 4 is 10.2 Å². The normalized spacial score (nSPS) is 13.9. The molecule has 0 aromatic heterocycles. The monoisotopic (exact) mass is 221 g/mol. The molecule has 1 aromatic carbocycles. The largest absolute Gasteiger partial charge is 0.323 e. The van der Waals surface area contributed by atoms with E-state index >= 15 is 0 Å². The van der Waals surface area contributed by atoms with E-state index in [0.717, 1.165) is 12.1 Å². The second-order valence-corrected chi connectivity index (χ2v) is 4.27. The topological polar surface area (TPSA) is 60.2 Å². The molecular formula is C8H9F2NO2S. The van der Waals surface area contributed by atoms with E-state index in [1.807, 2.05) is 0 Å². The summed E-state index contributed by atoms with van der Waals surface area (Å²) in [4.78, 5) is 0. The minimum absolute atomic E-state index is 0.382. The van der Waals surface area contributed by atoms with Crippen LogP contribution in [0.3, 0.4) is 0 Å². The molecule has 0 saturated carbocycles. The van der Waals surface area contributed by atoms with E-state index in [9.17, 15) is 16.7 Å². The van der Waals surface area contributed by atoms with Crippen LogP contribution in [-0.4, -0.2) is 14.2 Å². The van der Waals surface area contributed by atoms with Crippen molar-refractivity contribution in [1.82, 2.24) is 0 Å². The summed E-state index contributed by atoms with van der Waals surface area (Å²) in [5.74, 6) is -1.25. The summed E-state index contributed by atoms with van der Waals surface area (Å²) >= 11 is 0. The Labute approximate surface area is 80.8 Å². The van der Waals surface area contributed by atoms with E-state index in [1.54, 1.807) is 0 Å². The highest BCUT2D eigenvalue weighted by Crippen LogP contribution is 2.13. The fourth-order valence-electron chi connectivity index (χ4n) is 1.02. The zero-order valence-corrected chi connectivity index (χ0v) is 7.97. The van der Waals surface area contributed by atoms with Crippen molar-refractivity contribution in [3.8, 4) is 0 Å². The van der Waals surface area contributed by atoms with Gasteiger partial charge in [0.05, 0.1) is 5.75 Å². The number of benzene rings is 1. The molecule has 1 aromatic rings. The van der Waals surface area contributed by atoms with Crippen LogP contribution in [0.4, 0.5) is 8.28 Å². The molecule has 0 amide bonds. The van der Waals surface area contributed by atoms with Crippen molar-refractivity contribution < 1.29 is 16.7 Å². The van der Waals surface area contributed by atoms with Crippen LogP contribution in [0.5, 0.6) is 0 Å². The fraction of sp³-hybridized carbons (Fsp3) is 0.250. The van der Waals surface area contributed by atoms with Crippen molar-refractivity contribution in [2.75, 3.05) is 5.75 Å². The summed E-state index contributed by atoms with van der Waals surface area (Å²) in [7, 11) is -4.60. The molecule has 0 radical (unpaired) electrons. The molecule has 0 fully saturated rings. The van der Waals surface area contributed by atoms with Gasteiger partial charge in [-0.3, -0.25) is 0 Å². The van der Waals surface area contributed by atoms with Gasteiger partial charge in [-0.2, -0.15) is 8.42 Å². The lowest BCUT2D eigenvalue weighted by atomic mass is 10.1. The summed E-state index contributed by atoms with van der Waals surface area (Å²) in [6.45, 7) is 0. The Hall–Kier alpha value is -1.01. The van der Waals surface area contributed by atoms with Crippen LogP contribution < -0.4 is 5.73 Å². The second-order valence-electron chi connectivity index (χ2n) is 2.86. The molecule has 1 unspecified atom stereocenters. The van der Waals surface area contributed by atoms with E-state index < -0.39 is 27.8 Å². The van der Waals surface area contributed by atoms with Gasteiger partial charge in [-0.1, -0.05) is 12.1 Å². The first-order valence-electron chi connectivity index (χ1n) is 3.82. The quantitative estimate of drug-likeness (QED) is 0.778. The third-order valence-corrected chi connectivity index (χ3v) is 2.43. The van der Waals surface area contributed by atoms with Crippen LogP contribution in [0.25, 0.3) is 0 Å². The molecule has 6 heteroatoms. The van der Waals surface area contributed by atoms with Gasteiger partial charge in [0.1, 0.15) is 5.82 Å². The zero-order chi connectivity index (χ0) is 10.8. The number of hydrogen-bond donors (Lipinski definition) is 1. The SMILES string of the molecule is NC(CS(=O)(=O)F)c1ccc(F)cc1. The number of halogens is 2. The van der Waals surface area contributed by atoms with Crippen LogP contribution in [0.1, 0.15) is 11.6 Å². The van der Waals surface area contributed by atoms with Gasteiger partial charge >= 0.3 is 10.2 Å². The lowest BCUT2D eigenvalue weighted by Gasteiger charge is -2.08. The first-order valence-corrected chi connectivity index (χ1v) is 5.37. The Bertz CT molecular complexity index is 402. The lowest BCUT2D eigenvalue weighted by molar-refractivity contribution is 0.545. The predicted molar refractivity (Wildman–Crippen MR) is 48.2 cm³/mol. The van der Waals surface area contributed by atoms with Gasteiger partial charge in [-0.05, 0) is 17.7 Å². The van der Waals surface area contributed by atoms with E-state index in [2.05, 4.69) is 0 Å². The van der Waals surface area contributed by atoms with Crippen LogP contribution in [-0.2, 0) is 10.2 Å². The molecule has 0 heterocycles. The van der Waals surface area contributed by atoms with Crippen molar-refractivity contribution in [3.63, 3.8) is 0 Å². The summed E-state index contributed by atoms with van der Waals surface area (Å²) in [5.41, 5.74) is 5.77. The van der Waals surface area contributed by atoms with Crippen LogP contribution in [0.2, 0.25) is 0 Å². The van der Waals surface area contributed by atoms with E-state index in [0.29, 0.717) is 5.56 Å². The van der Waals surface area contributed by atoms with Gasteiger partial charge < -0.3 is 5.73 Å². The molecule has 0 aliphatic rings.